The Morgan fingerprint density at radius 1 is 1.08 bits per heavy atom. The maximum atomic E-state index is 10.8. The van der Waals surface area contributed by atoms with Crippen LogP contribution in [-0.2, 0) is 9.84 Å². The number of hydrogen-bond donors (Lipinski definition) is 2. The van der Waals surface area contributed by atoms with Crippen molar-refractivity contribution in [2.24, 2.45) is 11.7 Å². The van der Waals surface area contributed by atoms with E-state index in [1.807, 2.05) is 36.7 Å². The third-order valence-corrected chi connectivity index (χ3v) is 7.56. The van der Waals surface area contributed by atoms with Crippen LogP contribution in [0.1, 0.15) is 64.6 Å². The molecule has 3 rings (SSSR count). The van der Waals surface area contributed by atoms with E-state index < -0.39 is 9.84 Å². The van der Waals surface area contributed by atoms with Gasteiger partial charge in [-0.3, -0.25) is 0 Å². The number of sulfone groups is 1. The van der Waals surface area contributed by atoms with Crippen LogP contribution in [-0.4, -0.2) is 36.6 Å². The summed E-state index contributed by atoms with van der Waals surface area (Å²) in [7, 11) is -1.50. The number of benzene rings is 2. The first-order valence-corrected chi connectivity index (χ1v) is 15.8. The lowest BCUT2D eigenvalue weighted by atomic mass is 10.0. The first-order valence-electron chi connectivity index (χ1n) is 13.1. The maximum Gasteiger partial charge on any atom is 0.175 e. The summed E-state index contributed by atoms with van der Waals surface area (Å²) >= 11 is 3.43. The summed E-state index contributed by atoms with van der Waals surface area (Å²) in [4.78, 5) is 0.370. The monoisotopic (exact) mass is 619 g/mol. The van der Waals surface area contributed by atoms with Crippen LogP contribution in [0.3, 0.4) is 0 Å². The molecule has 0 radical (unpaired) electrons. The molecule has 0 amide bonds. The molecule has 3 N–H and O–H groups in total. The van der Waals surface area contributed by atoms with Crippen LogP contribution in [0, 0.1) is 12.8 Å². The van der Waals surface area contributed by atoms with Crippen LogP contribution in [0.15, 0.2) is 82.8 Å². The quantitative estimate of drug-likeness (QED) is 0.248. The van der Waals surface area contributed by atoms with Gasteiger partial charge in [0.05, 0.1) is 21.3 Å². The molecule has 216 valence electrons. The van der Waals surface area contributed by atoms with Gasteiger partial charge in [0, 0.05) is 17.5 Å². The smallest absolute Gasteiger partial charge is 0.175 e. The molecule has 1 heterocycles. The van der Waals surface area contributed by atoms with Crippen molar-refractivity contribution in [1.29, 1.82) is 0 Å². The Balaban J connectivity index is 0.000000607. The molecule has 0 unspecified atom stereocenters. The van der Waals surface area contributed by atoms with E-state index in [4.69, 9.17) is 0 Å². The fourth-order valence-electron chi connectivity index (χ4n) is 3.68. The predicted octanol–water partition coefficient (Wildman–Crippen LogP) is 8.12. The number of rotatable bonds is 8. The normalized spacial score (nSPS) is 10.9. The lowest BCUT2D eigenvalue weighted by Gasteiger charge is -2.08. The number of allylic oxidation sites excluding steroid dienone is 3. The highest BCUT2D eigenvalue weighted by atomic mass is 79.9. The van der Waals surface area contributed by atoms with E-state index in [9.17, 15) is 13.5 Å². The number of hydrogen-bond acceptors (Lipinski definition) is 5. The molecular formula is C31H46BrN3O3S. The second-order valence-corrected chi connectivity index (χ2v) is 12.0. The third kappa shape index (κ3) is 13.8. The molecule has 0 atom stereocenters. The second kappa shape index (κ2) is 19.4. The van der Waals surface area contributed by atoms with E-state index >= 15 is 0 Å². The molecule has 0 fully saturated rings. The molecule has 6 nitrogen and oxygen atoms in total. The van der Waals surface area contributed by atoms with E-state index in [-0.39, 0.29) is 5.75 Å². The van der Waals surface area contributed by atoms with Gasteiger partial charge in [0.25, 0.3) is 0 Å². The van der Waals surface area contributed by atoms with Crippen molar-refractivity contribution in [1.82, 2.24) is 9.78 Å². The van der Waals surface area contributed by atoms with Crippen LogP contribution < -0.4 is 5.73 Å². The summed E-state index contributed by atoms with van der Waals surface area (Å²) in [6.45, 7) is 14.8. The van der Waals surface area contributed by atoms with E-state index in [2.05, 4.69) is 54.1 Å². The highest BCUT2D eigenvalue weighted by molar-refractivity contribution is 9.10. The average molecular weight is 621 g/mol. The highest BCUT2D eigenvalue weighted by Crippen LogP contribution is 2.26. The number of nitrogens with two attached hydrogens (primary N) is 1. The van der Waals surface area contributed by atoms with E-state index in [1.165, 1.54) is 39.0 Å². The number of aromatic nitrogens is 2. The topological polar surface area (TPSA) is 98.2 Å². The maximum absolute atomic E-state index is 10.8. The summed E-state index contributed by atoms with van der Waals surface area (Å²) in [5, 5.41) is 14.1. The fraction of sp³-hybridized carbons (Fsp3) is 0.387. The van der Waals surface area contributed by atoms with Crippen molar-refractivity contribution in [3.05, 3.63) is 89.2 Å². The lowest BCUT2D eigenvalue weighted by Crippen LogP contribution is -1.98. The van der Waals surface area contributed by atoms with Crippen LogP contribution in [0.5, 0.6) is 5.75 Å². The van der Waals surface area contributed by atoms with Crippen LogP contribution in [0.4, 0.5) is 0 Å². The average Bonchev–Trinajstić information content (AvgIpc) is 3.24. The molecule has 1 aromatic heterocycles. The Bertz CT molecular complexity index is 1250. The van der Waals surface area contributed by atoms with Crippen molar-refractivity contribution in [2.45, 2.75) is 65.2 Å². The molecule has 8 heteroatoms. The molecule has 3 aromatic rings. The molecule has 0 aliphatic rings. The Hall–Kier alpha value is -2.68. The van der Waals surface area contributed by atoms with Crippen LogP contribution in [0.2, 0.25) is 0 Å². The first kappa shape index (κ1) is 36.3. The van der Waals surface area contributed by atoms with Crippen molar-refractivity contribution < 1.29 is 13.5 Å². The zero-order valence-corrected chi connectivity index (χ0v) is 26.9. The first-order chi connectivity index (χ1) is 18.4. The number of phenolic OH excluding ortho intramolecular Hbond substituents is 1. The Morgan fingerprint density at radius 3 is 2.00 bits per heavy atom. The highest BCUT2D eigenvalue weighted by Gasteiger charge is 2.07. The molecule has 39 heavy (non-hydrogen) atoms. The van der Waals surface area contributed by atoms with Crippen LogP contribution >= 0.6 is 15.9 Å². The zero-order valence-electron chi connectivity index (χ0n) is 24.5. The van der Waals surface area contributed by atoms with Gasteiger partial charge >= 0.3 is 0 Å². The van der Waals surface area contributed by atoms with Gasteiger partial charge in [-0.25, -0.2) is 13.1 Å². The number of halogens is 1. The summed E-state index contributed by atoms with van der Waals surface area (Å²) in [5.41, 5.74) is 7.95. The Morgan fingerprint density at radius 2 is 1.59 bits per heavy atom. The van der Waals surface area contributed by atoms with Crippen molar-refractivity contribution in [2.75, 3.05) is 13.3 Å². The fourth-order valence-corrected chi connectivity index (χ4v) is 4.59. The number of phenols is 1. The summed E-state index contributed by atoms with van der Waals surface area (Å²) in [5.74, 6) is 1.19. The molecule has 2 aromatic carbocycles. The van der Waals surface area contributed by atoms with E-state index in [1.54, 1.807) is 48.7 Å². The molecule has 0 saturated carbocycles. The van der Waals surface area contributed by atoms with Gasteiger partial charge in [0.15, 0.2) is 9.84 Å². The van der Waals surface area contributed by atoms with Gasteiger partial charge in [-0.05, 0) is 72.6 Å². The molecule has 0 spiro atoms. The second-order valence-electron chi connectivity index (χ2n) is 9.09. The SMILES string of the molecule is C=C(/C=C(/C)n1ncc(Br)c1C)c1ccccc1O.CCCC(C)CCC.CN.CS(=O)(=O)c1ccccc1. The Labute approximate surface area is 244 Å². The third-order valence-electron chi connectivity index (χ3n) is 5.65. The van der Waals surface area contributed by atoms with Gasteiger partial charge in [-0.2, -0.15) is 5.10 Å². The van der Waals surface area contributed by atoms with Gasteiger partial charge in [0.1, 0.15) is 5.75 Å². The molecule has 0 bridgehead atoms. The number of nitrogens with zero attached hydrogens (tertiary/aromatic N) is 2. The standard InChI is InChI=1S/C15H15BrN2O.C8H18.C7H8O2S.CH5N/c1-10(13-6-4-5-7-15(13)19)8-11(2)18-12(3)14(16)9-17-18;1-4-6-8(3)7-5-2;1-10(8,9)7-5-3-2-4-6-7;1-2/h4-9,19H,1H2,2-3H3;8H,4-7H2,1-3H3;2-6H,1H3;2H2,1H3/b11-8-;;;. The summed E-state index contributed by atoms with van der Waals surface area (Å²) < 4.78 is 24.5. The zero-order chi connectivity index (χ0) is 30.0. The predicted molar refractivity (Wildman–Crippen MR) is 170 cm³/mol. The van der Waals surface area contributed by atoms with Gasteiger partial charge in [-0.15, -0.1) is 0 Å². The van der Waals surface area contributed by atoms with Gasteiger partial charge in [0.2, 0.25) is 0 Å². The lowest BCUT2D eigenvalue weighted by molar-refractivity contribution is 0.474. The van der Waals surface area contributed by atoms with Crippen LogP contribution in [0.25, 0.3) is 11.3 Å². The number of aromatic hydroxyl groups is 1. The van der Waals surface area contributed by atoms with Gasteiger partial charge in [-0.1, -0.05) is 89.4 Å². The number of para-hydroxylation sites is 1. The van der Waals surface area contributed by atoms with E-state index in [0.29, 0.717) is 4.90 Å². The molecule has 0 saturated heterocycles. The molecule has 0 aliphatic carbocycles. The van der Waals surface area contributed by atoms with Gasteiger partial charge < -0.3 is 10.8 Å². The summed E-state index contributed by atoms with van der Waals surface area (Å²) in [6, 6.07) is 15.5. The Kier molecular flexibility index (Phi) is 18.1. The summed E-state index contributed by atoms with van der Waals surface area (Å²) in [6.07, 6.45) is 10.4. The van der Waals surface area contributed by atoms with Crippen molar-refractivity contribution >= 4 is 37.0 Å². The van der Waals surface area contributed by atoms with Crippen molar-refractivity contribution in [3.8, 4) is 5.75 Å². The van der Waals surface area contributed by atoms with E-state index in [0.717, 1.165) is 32.9 Å². The minimum absolute atomic E-state index is 0.231. The largest absolute Gasteiger partial charge is 0.507 e. The minimum atomic E-state index is -3.00. The molecular weight excluding hydrogens is 574 g/mol. The van der Waals surface area contributed by atoms with Crippen molar-refractivity contribution in [3.63, 3.8) is 0 Å². The minimum Gasteiger partial charge on any atom is -0.507 e. The molecule has 0 aliphatic heterocycles.